The highest BCUT2D eigenvalue weighted by Gasteiger charge is 2.50. The van der Waals surface area contributed by atoms with Gasteiger partial charge < -0.3 is 9.84 Å². The van der Waals surface area contributed by atoms with Gasteiger partial charge in [-0.15, -0.1) is 6.58 Å². The number of hydrogen-bond donors (Lipinski definition) is 1. The molecule has 2 rings (SSSR count). The van der Waals surface area contributed by atoms with Crippen molar-refractivity contribution < 1.29 is 14.6 Å². The van der Waals surface area contributed by atoms with E-state index in [2.05, 4.69) is 6.58 Å². The molecule has 0 aliphatic heterocycles. The maximum absolute atomic E-state index is 11.0. The van der Waals surface area contributed by atoms with Crippen molar-refractivity contribution in [3.8, 4) is 0 Å². The topological polar surface area (TPSA) is 46.5 Å². The summed E-state index contributed by atoms with van der Waals surface area (Å²) in [7, 11) is 0. The Labute approximate surface area is 95.8 Å². The lowest BCUT2D eigenvalue weighted by Gasteiger charge is -2.36. The standard InChI is InChI=1S/C13H18O3/c1-3-10-6-8-13(15)7-4-5-11(12(10)13)16-9(2)14/h3,5,10,12,15H,1,4,6-8H2,2H3/t10-,12-,13+/m0/s1. The quantitative estimate of drug-likeness (QED) is 0.575. The number of fused-ring (bicyclic) bond motifs is 1. The molecule has 3 nitrogen and oxygen atoms in total. The maximum Gasteiger partial charge on any atom is 0.307 e. The van der Waals surface area contributed by atoms with Gasteiger partial charge in [0.1, 0.15) is 5.76 Å². The van der Waals surface area contributed by atoms with E-state index in [4.69, 9.17) is 4.74 Å². The molecule has 1 fully saturated rings. The zero-order valence-corrected chi connectivity index (χ0v) is 9.61. The lowest BCUT2D eigenvalue weighted by molar-refractivity contribution is -0.139. The van der Waals surface area contributed by atoms with Gasteiger partial charge in [0.05, 0.1) is 11.5 Å². The van der Waals surface area contributed by atoms with Crippen molar-refractivity contribution in [2.24, 2.45) is 11.8 Å². The maximum atomic E-state index is 11.0. The first-order chi connectivity index (χ1) is 7.57. The van der Waals surface area contributed by atoms with E-state index in [-0.39, 0.29) is 17.8 Å². The number of esters is 1. The van der Waals surface area contributed by atoms with Crippen molar-refractivity contribution in [3.63, 3.8) is 0 Å². The predicted molar refractivity (Wildman–Crippen MR) is 60.4 cm³/mol. The first kappa shape index (κ1) is 11.4. The van der Waals surface area contributed by atoms with Crippen LogP contribution >= 0.6 is 0 Å². The zero-order chi connectivity index (χ0) is 11.8. The van der Waals surface area contributed by atoms with Crippen LogP contribution in [0, 0.1) is 11.8 Å². The average Bonchev–Trinajstić information content (AvgIpc) is 2.55. The molecule has 0 aromatic heterocycles. The minimum absolute atomic E-state index is 0.0809. The van der Waals surface area contributed by atoms with Crippen LogP contribution < -0.4 is 0 Å². The van der Waals surface area contributed by atoms with Crippen molar-refractivity contribution >= 4 is 5.97 Å². The number of ether oxygens (including phenoxy) is 1. The normalized spacial score (nSPS) is 37.5. The largest absolute Gasteiger partial charge is 0.431 e. The van der Waals surface area contributed by atoms with Gasteiger partial charge in [0, 0.05) is 6.92 Å². The minimum atomic E-state index is -0.696. The number of rotatable bonds is 2. The Bertz CT molecular complexity index is 345. The Morgan fingerprint density at radius 1 is 1.69 bits per heavy atom. The van der Waals surface area contributed by atoms with E-state index >= 15 is 0 Å². The molecule has 0 aromatic carbocycles. The van der Waals surface area contributed by atoms with E-state index < -0.39 is 5.60 Å². The number of hydrogen-bond acceptors (Lipinski definition) is 3. The second-order valence-corrected chi connectivity index (χ2v) is 4.76. The van der Waals surface area contributed by atoms with Gasteiger partial charge in [-0.05, 0) is 37.7 Å². The van der Waals surface area contributed by atoms with Gasteiger partial charge >= 0.3 is 5.97 Å². The van der Waals surface area contributed by atoms with Crippen molar-refractivity contribution in [1.82, 2.24) is 0 Å². The Morgan fingerprint density at radius 2 is 2.44 bits per heavy atom. The van der Waals surface area contributed by atoms with Crippen LogP contribution in [0.4, 0.5) is 0 Å². The van der Waals surface area contributed by atoms with Crippen LogP contribution in [0.25, 0.3) is 0 Å². The van der Waals surface area contributed by atoms with Crippen molar-refractivity contribution in [2.75, 3.05) is 0 Å². The fraction of sp³-hybridized carbons (Fsp3) is 0.615. The summed E-state index contributed by atoms with van der Waals surface area (Å²) in [6, 6.07) is 0. The smallest absolute Gasteiger partial charge is 0.307 e. The summed E-state index contributed by atoms with van der Waals surface area (Å²) in [5, 5.41) is 10.5. The fourth-order valence-electron chi connectivity index (χ4n) is 3.01. The molecule has 3 heteroatoms. The highest BCUT2D eigenvalue weighted by Crippen LogP contribution is 2.50. The van der Waals surface area contributed by atoms with Gasteiger partial charge in [-0.2, -0.15) is 0 Å². The molecule has 0 bridgehead atoms. The van der Waals surface area contributed by atoms with Gasteiger partial charge in [0.2, 0.25) is 0 Å². The molecule has 1 N–H and O–H groups in total. The van der Waals surface area contributed by atoms with E-state index in [1.165, 1.54) is 6.92 Å². The van der Waals surface area contributed by atoms with Crippen molar-refractivity contribution in [3.05, 3.63) is 24.5 Å². The van der Waals surface area contributed by atoms with Crippen LogP contribution in [0.15, 0.2) is 24.5 Å². The second kappa shape index (κ2) is 4.06. The summed E-state index contributed by atoms with van der Waals surface area (Å²) in [4.78, 5) is 11.0. The zero-order valence-electron chi connectivity index (χ0n) is 9.61. The van der Waals surface area contributed by atoms with E-state index in [0.29, 0.717) is 5.76 Å². The van der Waals surface area contributed by atoms with E-state index in [0.717, 1.165) is 25.7 Å². The van der Waals surface area contributed by atoms with Crippen LogP contribution in [0.5, 0.6) is 0 Å². The Morgan fingerprint density at radius 3 is 3.06 bits per heavy atom. The SMILES string of the molecule is C=C[C@H]1CC[C@]2(O)CCC=C(OC(C)=O)[C@H]12. The van der Waals surface area contributed by atoms with Gasteiger partial charge in [-0.25, -0.2) is 0 Å². The highest BCUT2D eigenvalue weighted by atomic mass is 16.5. The van der Waals surface area contributed by atoms with E-state index in [9.17, 15) is 9.90 Å². The first-order valence-electron chi connectivity index (χ1n) is 5.80. The van der Waals surface area contributed by atoms with Crippen molar-refractivity contribution in [2.45, 2.75) is 38.2 Å². The fourth-order valence-corrected chi connectivity index (χ4v) is 3.01. The molecule has 0 amide bonds. The second-order valence-electron chi connectivity index (χ2n) is 4.76. The first-order valence-corrected chi connectivity index (χ1v) is 5.80. The summed E-state index contributed by atoms with van der Waals surface area (Å²) < 4.78 is 5.22. The summed E-state index contributed by atoms with van der Waals surface area (Å²) in [6.07, 6.45) is 7.02. The molecule has 2 aliphatic carbocycles. The average molecular weight is 222 g/mol. The van der Waals surface area contributed by atoms with Crippen LogP contribution in [-0.2, 0) is 9.53 Å². The van der Waals surface area contributed by atoms with Crippen LogP contribution in [0.3, 0.4) is 0 Å². The Hall–Kier alpha value is -1.09. The summed E-state index contributed by atoms with van der Waals surface area (Å²) >= 11 is 0. The number of aliphatic hydroxyl groups is 1. The molecule has 0 heterocycles. The molecule has 0 saturated heterocycles. The summed E-state index contributed by atoms with van der Waals surface area (Å²) in [6.45, 7) is 5.19. The summed E-state index contributed by atoms with van der Waals surface area (Å²) in [5.41, 5.74) is -0.696. The van der Waals surface area contributed by atoms with Gasteiger partial charge in [0.15, 0.2) is 0 Å². The number of carbonyl (C=O) groups excluding carboxylic acids is 1. The number of carbonyl (C=O) groups is 1. The molecule has 0 aromatic rings. The van der Waals surface area contributed by atoms with Crippen LogP contribution in [-0.4, -0.2) is 16.7 Å². The molecule has 16 heavy (non-hydrogen) atoms. The third-order valence-corrected chi connectivity index (χ3v) is 3.71. The third kappa shape index (κ3) is 1.80. The van der Waals surface area contributed by atoms with Crippen molar-refractivity contribution in [1.29, 1.82) is 0 Å². The molecule has 0 radical (unpaired) electrons. The monoisotopic (exact) mass is 222 g/mol. The molecule has 3 atom stereocenters. The van der Waals surface area contributed by atoms with Gasteiger partial charge in [-0.1, -0.05) is 6.08 Å². The molecule has 2 aliphatic rings. The lowest BCUT2D eigenvalue weighted by atomic mass is 9.77. The third-order valence-electron chi connectivity index (χ3n) is 3.71. The Kier molecular flexibility index (Phi) is 2.89. The molecule has 0 unspecified atom stereocenters. The highest BCUT2D eigenvalue weighted by molar-refractivity contribution is 5.67. The Balaban J connectivity index is 2.28. The van der Waals surface area contributed by atoms with Gasteiger partial charge in [-0.3, -0.25) is 4.79 Å². The van der Waals surface area contributed by atoms with Gasteiger partial charge in [0.25, 0.3) is 0 Å². The molecule has 1 saturated carbocycles. The van der Waals surface area contributed by atoms with Crippen LogP contribution in [0.2, 0.25) is 0 Å². The predicted octanol–water partition coefficient (Wildman–Crippen LogP) is 2.17. The molecule has 0 spiro atoms. The van der Waals surface area contributed by atoms with E-state index in [1.807, 2.05) is 12.2 Å². The van der Waals surface area contributed by atoms with E-state index in [1.54, 1.807) is 0 Å². The molecular weight excluding hydrogens is 204 g/mol. The molecular formula is C13H18O3. The lowest BCUT2D eigenvalue weighted by Crippen LogP contribution is -2.39. The molecule has 88 valence electrons. The minimum Gasteiger partial charge on any atom is -0.431 e. The van der Waals surface area contributed by atoms with Crippen LogP contribution in [0.1, 0.15) is 32.6 Å². The summed E-state index contributed by atoms with van der Waals surface area (Å²) in [5.74, 6) is 0.465. The number of allylic oxidation sites excluding steroid dienone is 2.